The summed E-state index contributed by atoms with van der Waals surface area (Å²) < 4.78 is 0. The van der Waals surface area contributed by atoms with Crippen LogP contribution in [0.4, 0.5) is 0 Å². The second-order valence-electron chi connectivity index (χ2n) is 10.7. The average molecular weight is 585 g/mol. The predicted molar refractivity (Wildman–Crippen MR) is 180 cm³/mol. The fraction of sp³-hybridized carbons (Fsp3) is 0.128. The lowest BCUT2D eigenvalue weighted by Gasteiger charge is -2.22. The highest BCUT2D eigenvalue weighted by molar-refractivity contribution is 6.01. The smallest absolute Gasteiger partial charge is 0.208 e. The van der Waals surface area contributed by atoms with Crippen LogP contribution in [0.1, 0.15) is 44.2 Å². The average Bonchev–Trinajstić information content (AvgIpc) is 3.25. The minimum Gasteiger partial charge on any atom is -0.504 e. The molecule has 0 saturated heterocycles. The Morgan fingerprint density at radius 3 is 2.25 bits per heavy atom. The molecule has 5 heteroatoms. The zero-order valence-corrected chi connectivity index (χ0v) is 24.9. The molecule has 0 spiro atoms. The summed E-state index contributed by atoms with van der Waals surface area (Å²) in [5.74, 6) is -4.25. The number of allylic oxidation sites excluding steroid dienone is 17. The number of benzene rings is 3. The molecule has 2 aliphatic rings. The molecule has 5 rings (SSSR count). The Morgan fingerprint density at radius 1 is 0.818 bits per heavy atom. The molecule has 0 saturated carbocycles. The summed E-state index contributed by atoms with van der Waals surface area (Å²) in [6.07, 6.45) is 21.7. The lowest BCUT2D eigenvalue weighted by atomic mass is 9.82. The minimum absolute atomic E-state index is 0.175. The van der Waals surface area contributed by atoms with Gasteiger partial charge in [0.15, 0.2) is 11.5 Å². The van der Waals surface area contributed by atoms with Crippen LogP contribution in [0.2, 0.25) is 0 Å². The molecule has 0 radical (unpaired) electrons. The molecule has 44 heavy (non-hydrogen) atoms. The third-order valence-corrected chi connectivity index (χ3v) is 8.08. The van der Waals surface area contributed by atoms with E-state index in [9.17, 15) is 25.5 Å². The Bertz CT molecular complexity index is 1870. The van der Waals surface area contributed by atoms with Crippen LogP contribution < -0.4 is 0 Å². The van der Waals surface area contributed by atoms with Crippen molar-refractivity contribution in [3.05, 3.63) is 149 Å². The highest BCUT2D eigenvalue weighted by Gasteiger charge is 2.27. The van der Waals surface area contributed by atoms with Crippen LogP contribution in [-0.4, -0.2) is 25.5 Å². The van der Waals surface area contributed by atoms with Gasteiger partial charge in [-0.05, 0) is 81.5 Å². The zero-order valence-electron chi connectivity index (χ0n) is 24.9. The topological polar surface area (TPSA) is 101 Å². The van der Waals surface area contributed by atoms with Crippen molar-refractivity contribution in [3.63, 3.8) is 0 Å². The van der Waals surface area contributed by atoms with E-state index < -0.39 is 28.7 Å². The zero-order chi connectivity index (χ0) is 31.4. The molecular weight excluding hydrogens is 548 g/mol. The Labute approximate surface area is 257 Å². The molecule has 5 N–H and O–H groups in total. The van der Waals surface area contributed by atoms with Crippen LogP contribution in [-0.2, 0) is 0 Å². The third kappa shape index (κ3) is 5.52. The van der Waals surface area contributed by atoms with Gasteiger partial charge in [-0.1, -0.05) is 117 Å². The predicted octanol–water partition coefficient (Wildman–Crippen LogP) is 9.45. The molecule has 0 fully saturated rings. The first kappa shape index (κ1) is 30.1. The van der Waals surface area contributed by atoms with Crippen molar-refractivity contribution in [3.8, 4) is 28.7 Å². The van der Waals surface area contributed by atoms with Crippen LogP contribution in [0.3, 0.4) is 0 Å². The van der Waals surface area contributed by atoms with Gasteiger partial charge in [0, 0.05) is 0 Å². The van der Waals surface area contributed by atoms with E-state index in [2.05, 4.69) is 49.9 Å². The summed E-state index contributed by atoms with van der Waals surface area (Å²) in [7, 11) is 0. The molecule has 3 aromatic carbocycles. The van der Waals surface area contributed by atoms with Gasteiger partial charge >= 0.3 is 0 Å². The third-order valence-electron chi connectivity index (χ3n) is 8.08. The summed E-state index contributed by atoms with van der Waals surface area (Å²) in [6.45, 7) is 8.62. The summed E-state index contributed by atoms with van der Waals surface area (Å²) in [4.78, 5) is 0. The van der Waals surface area contributed by atoms with E-state index in [0.717, 1.165) is 50.6 Å². The maximum absolute atomic E-state index is 10.8. The van der Waals surface area contributed by atoms with E-state index in [0.29, 0.717) is 18.4 Å². The number of phenolic OH excluding ortho intramolecular Hbond substituents is 5. The molecule has 5 nitrogen and oxygen atoms in total. The van der Waals surface area contributed by atoms with Crippen LogP contribution in [0.15, 0.2) is 138 Å². The molecule has 0 amide bonds. The summed E-state index contributed by atoms with van der Waals surface area (Å²) >= 11 is 0. The highest BCUT2D eigenvalue weighted by Crippen LogP contribution is 2.54. The second kappa shape index (κ2) is 12.8. The van der Waals surface area contributed by atoms with E-state index in [4.69, 9.17) is 0 Å². The first-order chi connectivity index (χ1) is 21.3. The van der Waals surface area contributed by atoms with E-state index >= 15 is 0 Å². The molecule has 0 heterocycles. The monoisotopic (exact) mass is 584 g/mol. The maximum Gasteiger partial charge on any atom is 0.208 e. The first-order valence-corrected chi connectivity index (χ1v) is 14.6. The maximum atomic E-state index is 10.8. The number of aromatic hydroxyl groups is 5. The van der Waals surface area contributed by atoms with Gasteiger partial charge < -0.3 is 25.5 Å². The van der Waals surface area contributed by atoms with Gasteiger partial charge in [0.05, 0.1) is 5.56 Å². The summed E-state index contributed by atoms with van der Waals surface area (Å²) in [5, 5.41) is 54.4. The van der Waals surface area contributed by atoms with Crippen molar-refractivity contribution >= 4 is 21.9 Å². The number of fused-ring (bicyclic) bond motifs is 2. The number of phenols is 5. The molecule has 0 aromatic heterocycles. The first-order valence-electron chi connectivity index (χ1n) is 14.6. The van der Waals surface area contributed by atoms with Crippen molar-refractivity contribution in [2.45, 2.75) is 33.1 Å². The molecule has 0 atom stereocenters. The van der Waals surface area contributed by atoms with Gasteiger partial charge in [0.1, 0.15) is 0 Å². The van der Waals surface area contributed by atoms with E-state index in [1.54, 1.807) is 6.08 Å². The fourth-order valence-corrected chi connectivity index (χ4v) is 5.87. The van der Waals surface area contributed by atoms with Crippen molar-refractivity contribution in [1.29, 1.82) is 0 Å². The highest BCUT2D eigenvalue weighted by atomic mass is 16.4. The largest absolute Gasteiger partial charge is 0.504 e. The molecule has 0 unspecified atom stereocenters. The molecule has 0 aliphatic heterocycles. The number of rotatable bonds is 5. The van der Waals surface area contributed by atoms with E-state index in [1.807, 2.05) is 67.7 Å². The molecule has 222 valence electrons. The van der Waals surface area contributed by atoms with Gasteiger partial charge in [0.25, 0.3) is 0 Å². The van der Waals surface area contributed by atoms with Crippen molar-refractivity contribution < 1.29 is 25.5 Å². The van der Waals surface area contributed by atoms with Crippen molar-refractivity contribution in [2.24, 2.45) is 0 Å². The molecular formula is C39H36O5. The van der Waals surface area contributed by atoms with Crippen LogP contribution in [0.25, 0.3) is 21.9 Å². The van der Waals surface area contributed by atoms with Crippen molar-refractivity contribution in [1.82, 2.24) is 0 Å². The normalized spacial score (nSPS) is 20.8. The Morgan fingerprint density at radius 2 is 1.52 bits per heavy atom. The molecule has 3 aromatic rings. The number of hydrogen-bond acceptors (Lipinski definition) is 5. The van der Waals surface area contributed by atoms with Gasteiger partial charge in [-0.25, -0.2) is 0 Å². The van der Waals surface area contributed by atoms with E-state index in [-0.39, 0.29) is 5.56 Å². The van der Waals surface area contributed by atoms with Crippen LogP contribution in [0, 0.1) is 0 Å². The Kier molecular flexibility index (Phi) is 8.77. The lowest BCUT2D eigenvalue weighted by molar-refractivity contribution is 0.327. The van der Waals surface area contributed by atoms with Gasteiger partial charge in [-0.2, -0.15) is 0 Å². The molecule has 2 aliphatic carbocycles. The van der Waals surface area contributed by atoms with Gasteiger partial charge in [-0.3, -0.25) is 0 Å². The van der Waals surface area contributed by atoms with Gasteiger partial charge in [0.2, 0.25) is 17.2 Å². The Balaban J connectivity index is 1.91. The fourth-order valence-electron chi connectivity index (χ4n) is 5.87. The molecule has 0 bridgehead atoms. The van der Waals surface area contributed by atoms with Crippen molar-refractivity contribution in [2.75, 3.05) is 0 Å². The quantitative estimate of drug-likeness (QED) is 0.117. The van der Waals surface area contributed by atoms with Gasteiger partial charge in [-0.15, -0.1) is 0 Å². The van der Waals surface area contributed by atoms with E-state index in [1.165, 1.54) is 5.57 Å². The lowest BCUT2D eigenvalue weighted by Crippen LogP contribution is -2.02. The Hall–Kier alpha value is -5.42. The SMILES string of the molecule is C=C1/C=C\C=C/CC(/C(=C/C=C\C)CC)=C2/CC=C(c3c(O)c(O)c(O)c(O)c3O)C=C/C2=C/1c1cccc2ccccc12. The van der Waals surface area contributed by atoms with Crippen LogP contribution in [0.5, 0.6) is 28.7 Å². The summed E-state index contributed by atoms with van der Waals surface area (Å²) in [5.41, 5.74) is 7.26. The number of hydrogen-bond donors (Lipinski definition) is 5. The minimum atomic E-state index is -0.987. The van der Waals surface area contributed by atoms with Crippen LogP contribution >= 0.6 is 0 Å². The summed E-state index contributed by atoms with van der Waals surface area (Å²) in [6, 6.07) is 14.4. The standard InChI is InChI=1S/C39H36O5/c1-4-6-14-25(5-2)28-17-9-7-8-13-24(3)33(31-19-12-16-26-15-10-11-18-29(26)31)32-23-21-27(20-22-30(28)32)34-35(40)37(42)39(44)38(43)36(34)41/h4,6-16,18-21,23,40-44H,3,5,17,22H2,1-2H3/b6-4-,9-7-,13-8-,25-14+,30-28+,33-32+. The second-order valence-corrected chi connectivity index (χ2v) is 10.7.